The zero-order valence-corrected chi connectivity index (χ0v) is 11.7. The molecule has 0 spiro atoms. The van der Waals surface area contributed by atoms with Crippen LogP contribution in [0.25, 0.3) is 0 Å². The van der Waals surface area contributed by atoms with Gasteiger partial charge in [-0.3, -0.25) is 4.79 Å². The Hall–Kier alpha value is -1.75. The lowest BCUT2D eigenvalue weighted by molar-refractivity contribution is -0.142. The predicted octanol–water partition coefficient (Wildman–Crippen LogP) is 1.04. The average molecular weight is 276 g/mol. The number of benzene rings is 1. The second-order valence-corrected chi connectivity index (χ2v) is 5.31. The Morgan fingerprint density at radius 2 is 2.15 bits per heavy atom. The summed E-state index contributed by atoms with van der Waals surface area (Å²) in [6, 6.07) is 7.70. The van der Waals surface area contributed by atoms with Crippen molar-refractivity contribution in [1.29, 1.82) is 0 Å². The number of nitrogens with one attached hydrogen (secondary N) is 1. The van der Waals surface area contributed by atoms with E-state index in [0.717, 1.165) is 25.9 Å². The first-order chi connectivity index (χ1) is 9.75. The van der Waals surface area contributed by atoms with Crippen LogP contribution in [-0.4, -0.2) is 49.7 Å². The van der Waals surface area contributed by atoms with Crippen molar-refractivity contribution in [3.8, 4) is 11.5 Å². The van der Waals surface area contributed by atoms with Crippen LogP contribution in [0.3, 0.4) is 0 Å². The highest BCUT2D eigenvalue weighted by molar-refractivity contribution is 5.82. The van der Waals surface area contributed by atoms with Gasteiger partial charge in [-0.2, -0.15) is 0 Å². The van der Waals surface area contributed by atoms with Gasteiger partial charge in [0, 0.05) is 19.6 Å². The molecule has 0 unspecified atom stereocenters. The second-order valence-electron chi connectivity index (χ2n) is 5.31. The molecule has 5 heteroatoms. The number of fused-ring (bicyclic) bond motifs is 1. The molecule has 1 aromatic carbocycles. The Balaban J connectivity index is 1.66. The number of hydrogen-bond donors (Lipinski definition) is 1. The molecule has 3 rings (SSSR count). The SMILES string of the molecule is CN(C(=O)[C@@H]1COc2ccccc2O1)[C@H]1CCCNC1. The Morgan fingerprint density at radius 3 is 2.90 bits per heavy atom. The van der Waals surface area contributed by atoms with Gasteiger partial charge in [0.15, 0.2) is 11.5 Å². The van der Waals surface area contributed by atoms with Crippen LogP contribution in [0.4, 0.5) is 0 Å². The number of ether oxygens (including phenoxy) is 2. The molecule has 2 heterocycles. The maximum absolute atomic E-state index is 12.5. The van der Waals surface area contributed by atoms with Crippen molar-refractivity contribution in [2.45, 2.75) is 25.0 Å². The van der Waals surface area contributed by atoms with Crippen molar-refractivity contribution in [2.24, 2.45) is 0 Å². The van der Waals surface area contributed by atoms with Crippen LogP contribution in [-0.2, 0) is 4.79 Å². The van der Waals surface area contributed by atoms with Crippen LogP contribution in [0, 0.1) is 0 Å². The maximum Gasteiger partial charge on any atom is 0.267 e. The number of likely N-dealkylation sites (N-methyl/N-ethyl adjacent to an activating group) is 1. The minimum absolute atomic E-state index is 0.00629. The van der Waals surface area contributed by atoms with Crippen molar-refractivity contribution in [3.05, 3.63) is 24.3 Å². The molecule has 1 aromatic rings. The Labute approximate surface area is 118 Å². The summed E-state index contributed by atoms with van der Waals surface area (Å²) in [4.78, 5) is 14.3. The molecule has 2 aliphatic rings. The summed E-state index contributed by atoms with van der Waals surface area (Å²) in [7, 11) is 1.85. The van der Waals surface area contributed by atoms with Crippen molar-refractivity contribution in [3.63, 3.8) is 0 Å². The van der Waals surface area contributed by atoms with Crippen LogP contribution in [0.2, 0.25) is 0 Å². The van der Waals surface area contributed by atoms with E-state index < -0.39 is 6.10 Å². The third-order valence-corrected chi connectivity index (χ3v) is 3.95. The number of rotatable bonds is 2. The molecule has 20 heavy (non-hydrogen) atoms. The van der Waals surface area contributed by atoms with Gasteiger partial charge in [0.2, 0.25) is 6.10 Å². The van der Waals surface area contributed by atoms with Gasteiger partial charge in [-0.1, -0.05) is 12.1 Å². The summed E-state index contributed by atoms with van der Waals surface area (Å²) in [5, 5.41) is 3.32. The normalized spacial score (nSPS) is 25.1. The van der Waals surface area contributed by atoms with E-state index in [-0.39, 0.29) is 18.6 Å². The Kier molecular flexibility index (Phi) is 3.78. The fourth-order valence-corrected chi connectivity index (χ4v) is 2.71. The molecule has 108 valence electrons. The van der Waals surface area contributed by atoms with Crippen molar-refractivity contribution >= 4 is 5.91 Å². The molecule has 0 aromatic heterocycles. The molecule has 0 saturated carbocycles. The number of piperidine rings is 1. The van der Waals surface area contributed by atoms with Gasteiger partial charge in [-0.25, -0.2) is 0 Å². The lowest BCUT2D eigenvalue weighted by Gasteiger charge is -2.35. The third kappa shape index (κ3) is 2.58. The number of hydrogen-bond acceptors (Lipinski definition) is 4. The zero-order valence-electron chi connectivity index (χ0n) is 11.7. The molecule has 2 aliphatic heterocycles. The molecule has 5 nitrogen and oxygen atoms in total. The molecule has 2 atom stereocenters. The minimum atomic E-state index is -0.545. The Morgan fingerprint density at radius 1 is 1.35 bits per heavy atom. The summed E-state index contributed by atoms with van der Waals surface area (Å²) in [5.74, 6) is 1.35. The molecular weight excluding hydrogens is 256 g/mol. The molecule has 0 radical (unpaired) electrons. The van der Waals surface area contributed by atoms with E-state index in [1.807, 2.05) is 31.3 Å². The minimum Gasteiger partial charge on any atom is -0.485 e. The van der Waals surface area contributed by atoms with Crippen molar-refractivity contribution in [2.75, 3.05) is 26.7 Å². The van der Waals surface area contributed by atoms with E-state index in [1.165, 1.54) is 0 Å². The summed E-state index contributed by atoms with van der Waals surface area (Å²) >= 11 is 0. The first kappa shape index (κ1) is 13.2. The van der Waals surface area contributed by atoms with E-state index in [1.54, 1.807) is 4.90 Å². The van der Waals surface area contributed by atoms with Gasteiger partial charge in [0.1, 0.15) is 6.61 Å². The van der Waals surface area contributed by atoms with E-state index in [0.29, 0.717) is 11.5 Å². The Bertz CT molecular complexity index is 486. The van der Waals surface area contributed by atoms with Gasteiger partial charge in [0.05, 0.1) is 0 Å². The molecule has 1 N–H and O–H groups in total. The zero-order chi connectivity index (χ0) is 13.9. The predicted molar refractivity (Wildman–Crippen MR) is 75.0 cm³/mol. The standard InChI is InChI=1S/C15H20N2O3/c1-17(11-5-4-8-16-9-11)15(18)14-10-19-12-6-2-3-7-13(12)20-14/h2-3,6-7,11,14,16H,4-5,8-10H2,1H3/t11-,14-/m0/s1. The highest BCUT2D eigenvalue weighted by Crippen LogP contribution is 2.31. The van der Waals surface area contributed by atoms with Crippen LogP contribution in [0.15, 0.2) is 24.3 Å². The van der Waals surface area contributed by atoms with Gasteiger partial charge in [-0.15, -0.1) is 0 Å². The van der Waals surface area contributed by atoms with Crippen LogP contribution >= 0.6 is 0 Å². The van der Waals surface area contributed by atoms with Crippen molar-refractivity contribution in [1.82, 2.24) is 10.2 Å². The summed E-state index contributed by atoms with van der Waals surface area (Å²) in [6.45, 7) is 2.17. The van der Waals surface area contributed by atoms with Crippen molar-refractivity contribution < 1.29 is 14.3 Å². The fraction of sp³-hybridized carbons (Fsp3) is 0.533. The highest BCUT2D eigenvalue weighted by atomic mass is 16.6. The molecule has 0 aliphatic carbocycles. The topological polar surface area (TPSA) is 50.8 Å². The number of amides is 1. The summed E-state index contributed by atoms with van der Waals surface area (Å²) < 4.78 is 11.4. The van der Waals surface area contributed by atoms with E-state index in [4.69, 9.17) is 9.47 Å². The number of nitrogens with zero attached hydrogens (tertiary/aromatic N) is 1. The van der Waals surface area contributed by atoms with Gasteiger partial charge in [-0.05, 0) is 31.5 Å². The van der Waals surface area contributed by atoms with Crippen LogP contribution < -0.4 is 14.8 Å². The molecule has 1 amide bonds. The first-order valence-electron chi connectivity index (χ1n) is 7.11. The maximum atomic E-state index is 12.5. The van der Waals surface area contributed by atoms with E-state index in [9.17, 15) is 4.79 Å². The third-order valence-electron chi connectivity index (χ3n) is 3.95. The van der Waals surface area contributed by atoms with Gasteiger partial charge >= 0.3 is 0 Å². The number of carbonyl (C=O) groups is 1. The monoisotopic (exact) mass is 276 g/mol. The van der Waals surface area contributed by atoms with Gasteiger partial charge < -0.3 is 19.7 Å². The quantitative estimate of drug-likeness (QED) is 0.877. The largest absolute Gasteiger partial charge is 0.485 e. The van der Waals surface area contributed by atoms with Gasteiger partial charge in [0.25, 0.3) is 5.91 Å². The molecule has 1 saturated heterocycles. The highest BCUT2D eigenvalue weighted by Gasteiger charge is 2.32. The number of para-hydroxylation sites is 2. The lowest BCUT2D eigenvalue weighted by atomic mass is 10.1. The second kappa shape index (κ2) is 5.71. The summed E-state index contributed by atoms with van der Waals surface area (Å²) in [5.41, 5.74) is 0. The molecular formula is C15H20N2O3. The molecule has 0 bridgehead atoms. The van der Waals surface area contributed by atoms with E-state index in [2.05, 4.69) is 5.32 Å². The fourth-order valence-electron chi connectivity index (χ4n) is 2.71. The number of carbonyl (C=O) groups excluding carboxylic acids is 1. The smallest absolute Gasteiger partial charge is 0.267 e. The van der Waals surface area contributed by atoms with Crippen LogP contribution in [0.1, 0.15) is 12.8 Å². The lowest BCUT2D eigenvalue weighted by Crippen LogP contribution is -2.52. The molecule has 1 fully saturated rings. The first-order valence-corrected chi connectivity index (χ1v) is 7.11. The summed E-state index contributed by atoms with van der Waals surface area (Å²) in [6.07, 6.45) is 1.60. The average Bonchev–Trinajstić information content (AvgIpc) is 2.54. The van der Waals surface area contributed by atoms with E-state index >= 15 is 0 Å². The van der Waals surface area contributed by atoms with Crippen LogP contribution in [0.5, 0.6) is 11.5 Å².